The summed E-state index contributed by atoms with van der Waals surface area (Å²) < 4.78 is 0. The molecule has 1 aromatic carbocycles. The topological polar surface area (TPSA) is 12.4 Å². The van der Waals surface area contributed by atoms with Crippen molar-refractivity contribution < 1.29 is 1.43 Å². The normalized spacial score (nSPS) is 15.1. The van der Waals surface area contributed by atoms with Gasteiger partial charge in [0.05, 0.1) is 11.4 Å². The highest BCUT2D eigenvalue weighted by Crippen LogP contribution is 2.25. The molecule has 0 N–H and O–H groups in total. The molecule has 0 atom stereocenters. The molecule has 1 aromatic rings. The van der Waals surface area contributed by atoms with Crippen LogP contribution >= 0.6 is 0 Å². The number of aryl methyl sites for hydroxylation is 1. The van der Waals surface area contributed by atoms with E-state index in [1.165, 1.54) is 5.56 Å². The highest BCUT2D eigenvalue weighted by molar-refractivity contribution is 6.08. The Morgan fingerprint density at radius 1 is 1.28 bits per heavy atom. The van der Waals surface area contributed by atoms with E-state index in [9.17, 15) is 0 Å². The van der Waals surface area contributed by atoms with Crippen LogP contribution < -0.4 is 0 Å². The van der Waals surface area contributed by atoms with Gasteiger partial charge in [0.2, 0.25) is 0 Å². The van der Waals surface area contributed by atoms with E-state index in [1.807, 2.05) is 12.2 Å². The fourth-order valence-corrected chi connectivity index (χ4v) is 1.93. The van der Waals surface area contributed by atoms with Crippen molar-refractivity contribution in [3.05, 3.63) is 78.4 Å². The lowest BCUT2D eigenvalue weighted by Gasteiger charge is -2.01. The lowest BCUT2D eigenvalue weighted by molar-refractivity contribution is 1.43. The maximum Gasteiger partial charge on any atom is 0.0669 e. The van der Waals surface area contributed by atoms with Gasteiger partial charge in [-0.05, 0) is 18.1 Å². The SMILES string of the molecule is C=C/C=C(\C=C)C1=NC(c2ccc(C)cc2)=CC1.[HH]. The van der Waals surface area contributed by atoms with Crippen molar-refractivity contribution in [1.29, 1.82) is 0 Å². The van der Waals surface area contributed by atoms with Crippen molar-refractivity contribution in [3.8, 4) is 0 Å². The van der Waals surface area contributed by atoms with Crippen molar-refractivity contribution >= 4 is 11.4 Å². The van der Waals surface area contributed by atoms with Crippen LogP contribution in [0, 0.1) is 6.92 Å². The maximum atomic E-state index is 4.67. The first kappa shape index (κ1) is 12.3. The number of hydrogen-bond donors (Lipinski definition) is 0. The Morgan fingerprint density at radius 2 is 2.00 bits per heavy atom. The Bertz CT molecular complexity index is 559. The fraction of sp³-hybridized carbons (Fsp3) is 0.118. The van der Waals surface area contributed by atoms with E-state index in [4.69, 9.17) is 0 Å². The Balaban J connectivity index is 0.00000180. The quantitative estimate of drug-likeness (QED) is 0.672. The standard InChI is InChI=1S/C17H17N.H2/c1-4-6-14(5-2)16-11-12-17(18-16)15-9-7-13(3)8-10-15;/h4-10,12H,1-2,11H2,3H3;1H/b14-6+;. The molecule has 0 aromatic heterocycles. The molecule has 92 valence electrons. The summed E-state index contributed by atoms with van der Waals surface area (Å²) in [6, 6.07) is 8.44. The second-order valence-corrected chi connectivity index (χ2v) is 4.28. The fourth-order valence-electron chi connectivity index (χ4n) is 1.93. The van der Waals surface area contributed by atoms with Crippen molar-refractivity contribution in [2.75, 3.05) is 0 Å². The average Bonchev–Trinajstić information content (AvgIpc) is 2.86. The van der Waals surface area contributed by atoms with E-state index in [2.05, 4.69) is 55.4 Å². The summed E-state index contributed by atoms with van der Waals surface area (Å²) in [5, 5.41) is 0. The zero-order valence-corrected chi connectivity index (χ0v) is 10.7. The van der Waals surface area contributed by atoms with Crippen molar-refractivity contribution in [1.82, 2.24) is 0 Å². The minimum absolute atomic E-state index is 0. The molecule has 0 radical (unpaired) electrons. The summed E-state index contributed by atoms with van der Waals surface area (Å²) in [5.74, 6) is 0. The maximum absolute atomic E-state index is 4.67. The van der Waals surface area contributed by atoms with Crippen molar-refractivity contribution in [3.63, 3.8) is 0 Å². The van der Waals surface area contributed by atoms with Crippen LogP contribution in [0.2, 0.25) is 0 Å². The Hall–Kier alpha value is -2.15. The third kappa shape index (κ3) is 2.57. The van der Waals surface area contributed by atoms with Gasteiger partial charge in [0, 0.05) is 7.85 Å². The molecule has 0 fully saturated rings. The lowest BCUT2D eigenvalue weighted by Crippen LogP contribution is -1.95. The number of benzene rings is 1. The van der Waals surface area contributed by atoms with E-state index in [0.717, 1.165) is 29.0 Å². The van der Waals surface area contributed by atoms with Crippen LogP contribution in [0.4, 0.5) is 0 Å². The van der Waals surface area contributed by atoms with Gasteiger partial charge < -0.3 is 0 Å². The molecule has 1 heteroatoms. The molecule has 1 heterocycles. The predicted molar refractivity (Wildman–Crippen MR) is 81.8 cm³/mol. The average molecular weight is 237 g/mol. The van der Waals surface area contributed by atoms with Crippen molar-refractivity contribution in [2.24, 2.45) is 4.99 Å². The highest BCUT2D eigenvalue weighted by atomic mass is 14.8. The van der Waals surface area contributed by atoms with Gasteiger partial charge in [0.1, 0.15) is 0 Å². The number of aliphatic imine (C=N–C) groups is 1. The molecule has 0 aliphatic carbocycles. The molecule has 0 bridgehead atoms. The van der Waals surface area contributed by atoms with Gasteiger partial charge in [0.25, 0.3) is 0 Å². The first-order valence-electron chi connectivity index (χ1n) is 6.05. The van der Waals surface area contributed by atoms with Gasteiger partial charge in [-0.15, -0.1) is 0 Å². The number of nitrogens with zero attached hydrogens (tertiary/aromatic N) is 1. The summed E-state index contributed by atoms with van der Waals surface area (Å²) in [5.41, 5.74) is 5.57. The molecule has 0 saturated carbocycles. The van der Waals surface area contributed by atoms with Gasteiger partial charge in [0.15, 0.2) is 0 Å². The molecule has 18 heavy (non-hydrogen) atoms. The van der Waals surface area contributed by atoms with E-state index in [-0.39, 0.29) is 1.43 Å². The third-order valence-corrected chi connectivity index (χ3v) is 2.94. The first-order valence-corrected chi connectivity index (χ1v) is 6.05. The van der Waals surface area contributed by atoms with Crippen LogP contribution in [-0.4, -0.2) is 5.71 Å². The smallest absolute Gasteiger partial charge is 0.0669 e. The molecule has 0 spiro atoms. The van der Waals surface area contributed by atoms with Gasteiger partial charge in [-0.2, -0.15) is 0 Å². The first-order chi connectivity index (χ1) is 8.74. The number of hydrogen-bond acceptors (Lipinski definition) is 1. The van der Waals surface area contributed by atoms with E-state index in [1.54, 1.807) is 6.08 Å². The van der Waals surface area contributed by atoms with Gasteiger partial charge in [-0.3, -0.25) is 4.99 Å². The second kappa shape index (κ2) is 5.46. The molecular weight excluding hydrogens is 218 g/mol. The molecular formula is C17H19N. The van der Waals surface area contributed by atoms with Crippen LogP contribution in [0.3, 0.4) is 0 Å². The van der Waals surface area contributed by atoms with Gasteiger partial charge in [-0.25, -0.2) is 0 Å². The zero-order chi connectivity index (χ0) is 13.0. The van der Waals surface area contributed by atoms with E-state index >= 15 is 0 Å². The van der Waals surface area contributed by atoms with Gasteiger partial charge in [-0.1, -0.05) is 67.3 Å². The summed E-state index contributed by atoms with van der Waals surface area (Å²) in [6.07, 6.45) is 8.54. The van der Waals surface area contributed by atoms with Gasteiger partial charge >= 0.3 is 0 Å². The van der Waals surface area contributed by atoms with Crippen LogP contribution in [0.25, 0.3) is 5.70 Å². The van der Waals surface area contributed by atoms with E-state index < -0.39 is 0 Å². The molecule has 0 saturated heterocycles. The lowest BCUT2D eigenvalue weighted by atomic mass is 10.1. The minimum Gasteiger partial charge on any atom is -0.252 e. The van der Waals surface area contributed by atoms with Crippen LogP contribution in [0.1, 0.15) is 19.0 Å². The summed E-state index contributed by atoms with van der Waals surface area (Å²) in [6.45, 7) is 9.61. The van der Waals surface area contributed by atoms with Crippen LogP contribution in [0.5, 0.6) is 0 Å². The molecule has 0 amide bonds. The molecule has 1 nitrogen and oxygen atoms in total. The van der Waals surface area contributed by atoms with Crippen molar-refractivity contribution in [2.45, 2.75) is 13.3 Å². The largest absolute Gasteiger partial charge is 0.252 e. The molecule has 0 unspecified atom stereocenters. The Labute approximate surface area is 110 Å². The Morgan fingerprint density at radius 3 is 2.61 bits per heavy atom. The third-order valence-electron chi connectivity index (χ3n) is 2.94. The molecule has 2 rings (SSSR count). The van der Waals surface area contributed by atoms with E-state index in [0.29, 0.717) is 0 Å². The summed E-state index contributed by atoms with van der Waals surface area (Å²) >= 11 is 0. The Kier molecular flexibility index (Phi) is 3.73. The second-order valence-electron chi connectivity index (χ2n) is 4.28. The molecule has 1 aliphatic heterocycles. The number of rotatable bonds is 4. The summed E-state index contributed by atoms with van der Waals surface area (Å²) in [4.78, 5) is 4.67. The van der Waals surface area contributed by atoms with Crippen LogP contribution in [0.15, 0.2) is 72.3 Å². The van der Waals surface area contributed by atoms with Crippen LogP contribution in [-0.2, 0) is 0 Å². The summed E-state index contributed by atoms with van der Waals surface area (Å²) in [7, 11) is 0. The zero-order valence-electron chi connectivity index (χ0n) is 10.7. The number of allylic oxidation sites excluding steroid dienone is 5. The minimum atomic E-state index is 0. The highest BCUT2D eigenvalue weighted by Gasteiger charge is 2.11. The predicted octanol–water partition coefficient (Wildman–Crippen LogP) is 4.73. The monoisotopic (exact) mass is 237 g/mol. The molecule has 1 aliphatic rings.